The predicted octanol–water partition coefficient (Wildman–Crippen LogP) is 4.79. The minimum Gasteiger partial charge on any atom is -0.491 e. The molecule has 1 unspecified atom stereocenters. The lowest BCUT2D eigenvalue weighted by atomic mass is 9.84. The average Bonchev–Trinajstić information content (AvgIpc) is 3.31. The number of fused-ring (bicyclic) bond motifs is 1. The van der Waals surface area contributed by atoms with E-state index in [0.29, 0.717) is 59.9 Å². The van der Waals surface area contributed by atoms with Gasteiger partial charge in [0.2, 0.25) is 0 Å². The molecule has 2 saturated heterocycles. The molecule has 0 aliphatic carbocycles. The third-order valence-electron chi connectivity index (χ3n) is 7.01. The fourth-order valence-corrected chi connectivity index (χ4v) is 5.17. The third kappa shape index (κ3) is 5.63. The molecule has 2 aliphatic heterocycles. The summed E-state index contributed by atoms with van der Waals surface area (Å²) in [5, 5.41) is 3.89. The van der Waals surface area contributed by atoms with Crippen LogP contribution in [-0.4, -0.2) is 53.7 Å². The Morgan fingerprint density at radius 2 is 2.03 bits per heavy atom. The molecule has 2 fully saturated rings. The summed E-state index contributed by atoms with van der Waals surface area (Å²) in [7, 11) is 0. The van der Waals surface area contributed by atoms with E-state index in [1.165, 1.54) is 18.5 Å². The van der Waals surface area contributed by atoms with Crippen LogP contribution < -0.4 is 15.8 Å². The van der Waals surface area contributed by atoms with Crippen LogP contribution in [0.1, 0.15) is 25.7 Å². The molecule has 2 aromatic carbocycles. The van der Waals surface area contributed by atoms with Crippen molar-refractivity contribution in [2.75, 3.05) is 43.9 Å². The zero-order valence-electron chi connectivity index (χ0n) is 19.9. The van der Waals surface area contributed by atoms with Crippen molar-refractivity contribution >= 4 is 45.7 Å². The minimum atomic E-state index is -0.484. The topological polar surface area (TPSA) is 103 Å². The number of nitrogens with one attached hydrogen (secondary N) is 1. The predicted molar refractivity (Wildman–Crippen MR) is 137 cm³/mol. The molecular formula is C26H29ClFN5O3. The second kappa shape index (κ2) is 10.8. The van der Waals surface area contributed by atoms with Gasteiger partial charge in [-0.1, -0.05) is 11.6 Å². The molecule has 36 heavy (non-hydrogen) atoms. The molecular weight excluding hydrogens is 485 g/mol. The summed E-state index contributed by atoms with van der Waals surface area (Å²) in [5.74, 6) is 1.57. The number of nitrogen functional groups attached to an aromatic ring is 1. The van der Waals surface area contributed by atoms with Gasteiger partial charge >= 0.3 is 5.97 Å². The van der Waals surface area contributed by atoms with E-state index in [0.717, 1.165) is 44.3 Å². The van der Waals surface area contributed by atoms with Crippen LogP contribution >= 0.6 is 11.6 Å². The number of rotatable bonds is 8. The van der Waals surface area contributed by atoms with Crippen molar-refractivity contribution in [1.82, 2.24) is 14.9 Å². The Morgan fingerprint density at radius 3 is 2.78 bits per heavy atom. The van der Waals surface area contributed by atoms with E-state index in [1.54, 1.807) is 12.1 Å². The van der Waals surface area contributed by atoms with Gasteiger partial charge in [-0.25, -0.2) is 14.4 Å². The number of benzene rings is 2. The number of halogens is 2. The second-order valence-electron chi connectivity index (χ2n) is 9.41. The number of carbonyl (C=O) groups excluding carboxylic acids is 1. The van der Waals surface area contributed by atoms with E-state index in [9.17, 15) is 9.18 Å². The molecule has 3 N–H and O–H groups in total. The average molecular weight is 514 g/mol. The maximum Gasteiger partial charge on any atom is 0.306 e. The van der Waals surface area contributed by atoms with Crippen LogP contribution in [0.5, 0.6) is 5.75 Å². The summed E-state index contributed by atoms with van der Waals surface area (Å²) in [5.41, 5.74) is 8.06. The summed E-state index contributed by atoms with van der Waals surface area (Å²) in [4.78, 5) is 22.5. The zero-order chi connectivity index (χ0) is 25.1. The number of ether oxygens (including phenoxy) is 2. The van der Waals surface area contributed by atoms with Crippen LogP contribution in [0, 0.1) is 17.7 Å². The first-order valence-corrected chi connectivity index (χ1v) is 12.6. The molecule has 8 nitrogen and oxygen atoms in total. The number of likely N-dealkylation sites (tertiary alicyclic amines) is 1. The van der Waals surface area contributed by atoms with Gasteiger partial charge in [0.25, 0.3) is 0 Å². The van der Waals surface area contributed by atoms with Crippen molar-refractivity contribution in [3.63, 3.8) is 0 Å². The summed E-state index contributed by atoms with van der Waals surface area (Å²) in [6, 6.07) is 7.97. The number of aromatic nitrogens is 2. The summed E-state index contributed by atoms with van der Waals surface area (Å²) in [6.45, 7) is 4.17. The Labute approximate surface area is 213 Å². The molecule has 1 atom stereocenters. The van der Waals surface area contributed by atoms with Gasteiger partial charge in [0.05, 0.1) is 35.9 Å². The number of cyclic esters (lactones) is 1. The first-order chi connectivity index (χ1) is 17.5. The van der Waals surface area contributed by atoms with E-state index in [1.807, 2.05) is 6.07 Å². The first-order valence-electron chi connectivity index (χ1n) is 12.2. The Hall–Kier alpha value is -3.17. The smallest absolute Gasteiger partial charge is 0.306 e. The van der Waals surface area contributed by atoms with Crippen molar-refractivity contribution in [2.45, 2.75) is 25.7 Å². The molecule has 190 valence electrons. The van der Waals surface area contributed by atoms with E-state index < -0.39 is 5.82 Å². The lowest BCUT2D eigenvalue weighted by Gasteiger charge is -2.33. The van der Waals surface area contributed by atoms with E-state index in [-0.39, 0.29) is 11.0 Å². The van der Waals surface area contributed by atoms with Crippen LogP contribution in [0.25, 0.3) is 10.9 Å². The van der Waals surface area contributed by atoms with Crippen molar-refractivity contribution in [1.29, 1.82) is 0 Å². The van der Waals surface area contributed by atoms with Gasteiger partial charge < -0.3 is 25.4 Å². The number of nitrogens with zero attached hydrogens (tertiary/aromatic N) is 3. The summed E-state index contributed by atoms with van der Waals surface area (Å²) in [6.07, 6.45) is 5.14. The van der Waals surface area contributed by atoms with Gasteiger partial charge in [0, 0.05) is 29.6 Å². The van der Waals surface area contributed by atoms with Gasteiger partial charge in [-0.05, 0) is 62.5 Å². The highest BCUT2D eigenvalue weighted by molar-refractivity contribution is 6.31. The van der Waals surface area contributed by atoms with Gasteiger partial charge in [-0.15, -0.1) is 0 Å². The molecule has 3 aromatic rings. The highest BCUT2D eigenvalue weighted by atomic mass is 35.5. The monoisotopic (exact) mass is 513 g/mol. The van der Waals surface area contributed by atoms with Crippen LogP contribution in [0.2, 0.25) is 5.02 Å². The number of anilines is 3. The van der Waals surface area contributed by atoms with Crippen molar-refractivity contribution in [3.05, 3.63) is 47.5 Å². The highest BCUT2D eigenvalue weighted by Gasteiger charge is 2.33. The molecule has 1 aromatic heterocycles. The lowest BCUT2D eigenvalue weighted by Crippen LogP contribution is -2.37. The first kappa shape index (κ1) is 24.5. The molecule has 0 amide bonds. The van der Waals surface area contributed by atoms with Crippen LogP contribution in [0.15, 0.2) is 36.7 Å². The molecule has 5 rings (SSSR count). The van der Waals surface area contributed by atoms with Gasteiger partial charge in [0.1, 0.15) is 23.7 Å². The number of carbonyl (C=O) groups is 1. The van der Waals surface area contributed by atoms with Crippen molar-refractivity contribution in [3.8, 4) is 5.75 Å². The van der Waals surface area contributed by atoms with Crippen molar-refractivity contribution in [2.24, 2.45) is 11.8 Å². The van der Waals surface area contributed by atoms with E-state index in [2.05, 4.69) is 20.2 Å². The fraction of sp³-hybridized carbons (Fsp3) is 0.423. The second-order valence-corrected chi connectivity index (χ2v) is 9.82. The molecule has 10 heteroatoms. The fourth-order valence-electron chi connectivity index (χ4n) is 4.99. The maximum absolute atomic E-state index is 13.5. The number of esters is 1. The third-order valence-corrected chi connectivity index (χ3v) is 7.30. The normalized spacial score (nSPS) is 18.9. The van der Waals surface area contributed by atoms with Gasteiger partial charge in [-0.3, -0.25) is 4.79 Å². The van der Waals surface area contributed by atoms with Crippen molar-refractivity contribution < 1.29 is 18.7 Å². The lowest BCUT2D eigenvalue weighted by molar-refractivity contribution is -0.137. The van der Waals surface area contributed by atoms with Crippen LogP contribution in [0.4, 0.5) is 21.6 Å². The largest absolute Gasteiger partial charge is 0.491 e. The number of hydrogen-bond acceptors (Lipinski definition) is 8. The molecule has 0 bridgehead atoms. The summed E-state index contributed by atoms with van der Waals surface area (Å²) >= 11 is 5.89. The Morgan fingerprint density at radius 1 is 1.19 bits per heavy atom. The van der Waals surface area contributed by atoms with E-state index >= 15 is 0 Å². The Balaban J connectivity index is 1.14. The molecule has 3 heterocycles. The van der Waals surface area contributed by atoms with Gasteiger partial charge in [0.15, 0.2) is 0 Å². The molecule has 0 spiro atoms. The van der Waals surface area contributed by atoms with Crippen LogP contribution in [-0.2, 0) is 9.53 Å². The number of hydrogen-bond donors (Lipinski definition) is 2. The Bertz CT molecular complexity index is 1250. The SMILES string of the molecule is Nc1cc2c(Nc3ccc(F)c(Cl)c3)ncnc2cc1OCCCN1CCC(C2COC(=O)C2)CC1. The standard InChI is InChI=1S/C26H29ClFN5O3/c27-20-11-18(2-3-21(20)28)32-26-19-12-22(29)24(13-23(19)30-15-31-26)35-9-1-6-33-7-4-16(5-8-33)17-10-25(34)36-14-17/h2-3,11-13,15-17H,1,4-10,14,29H2,(H,30,31,32). The molecule has 2 aliphatic rings. The summed E-state index contributed by atoms with van der Waals surface area (Å²) < 4.78 is 24.6. The number of nitrogens with two attached hydrogens (primary N) is 1. The molecule has 0 radical (unpaired) electrons. The van der Waals surface area contributed by atoms with E-state index in [4.69, 9.17) is 26.8 Å². The minimum absolute atomic E-state index is 0.0258. The highest BCUT2D eigenvalue weighted by Crippen LogP contribution is 2.33. The van der Waals surface area contributed by atoms with Crippen LogP contribution in [0.3, 0.4) is 0 Å². The quantitative estimate of drug-likeness (QED) is 0.252. The number of piperidine rings is 1. The van der Waals surface area contributed by atoms with Gasteiger partial charge in [-0.2, -0.15) is 0 Å². The zero-order valence-corrected chi connectivity index (χ0v) is 20.6. The molecule has 0 saturated carbocycles. The maximum atomic E-state index is 13.5. The Kier molecular flexibility index (Phi) is 7.38.